The van der Waals surface area contributed by atoms with Crippen LogP contribution in [0.25, 0.3) is 0 Å². The summed E-state index contributed by atoms with van der Waals surface area (Å²) in [5, 5.41) is 3.09. The van der Waals surface area contributed by atoms with E-state index in [4.69, 9.17) is 5.84 Å². The largest absolute Gasteiger partial charge is 0.325 e. The van der Waals surface area contributed by atoms with Crippen LogP contribution in [0, 0.1) is 0 Å². The molecule has 0 saturated heterocycles. The third-order valence-electron chi connectivity index (χ3n) is 1.81. The Hall–Kier alpha value is -1.20. The van der Waals surface area contributed by atoms with Crippen LogP contribution >= 0.6 is 11.8 Å². The molecule has 0 saturated carbocycles. The van der Waals surface area contributed by atoms with Gasteiger partial charge in [0.15, 0.2) is 0 Å². The Morgan fingerprint density at radius 2 is 2.07 bits per heavy atom. The highest BCUT2D eigenvalue weighted by atomic mass is 32.2. The first-order valence-electron chi connectivity index (χ1n) is 4.72. The quantitative estimate of drug-likeness (QED) is 0.240. The van der Waals surface area contributed by atoms with Crippen molar-refractivity contribution in [2.24, 2.45) is 10.8 Å². The molecule has 0 unspecified atom stereocenters. The van der Waals surface area contributed by atoms with Crippen LogP contribution in [0.5, 0.6) is 0 Å². The fraction of sp³-hybridized carbons (Fsp3) is 0.300. The lowest BCUT2D eigenvalue weighted by atomic mass is 10.3. The fourth-order valence-corrected chi connectivity index (χ4v) is 1.50. The number of nitrogens with two attached hydrogens (primary N) is 1. The lowest BCUT2D eigenvalue weighted by Gasteiger charge is -2.08. The minimum Gasteiger partial charge on any atom is -0.325 e. The summed E-state index contributed by atoms with van der Waals surface area (Å²) in [6.07, 6.45) is 2.05. The lowest BCUT2D eigenvalue weighted by Crippen LogP contribution is -2.36. The second-order valence-electron chi connectivity index (χ2n) is 2.82. The van der Waals surface area contributed by atoms with E-state index < -0.39 is 0 Å². The van der Waals surface area contributed by atoms with Crippen molar-refractivity contribution >= 4 is 23.4 Å². The average Bonchev–Trinajstić information content (AvgIpc) is 2.29. The monoisotopic (exact) mass is 224 g/mol. The van der Waals surface area contributed by atoms with Gasteiger partial charge in [0.2, 0.25) is 5.96 Å². The first-order valence-corrected chi connectivity index (χ1v) is 5.94. The van der Waals surface area contributed by atoms with E-state index >= 15 is 0 Å². The third kappa shape index (κ3) is 3.81. The normalized spacial score (nSPS) is 11.3. The van der Waals surface area contributed by atoms with E-state index in [1.807, 2.05) is 37.4 Å². The number of thioether (sulfide) groups is 1. The smallest absolute Gasteiger partial charge is 0.210 e. The van der Waals surface area contributed by atoms with Gasteiger partial charge in [-0.25, -0.2) is 5.84 Å². The van der Waals surface area contributed by atoms with Crippen molar-refractivity contribution < 1.29 is 0 Å². The van der Waals surface area contributed by atoms with E-state index in [0.29, 0.717) is 12.5 Å². The van der Waals surface area contributed by atoms with Gasteiger partial charge in [-0.2, -0.15) is 0 Å². The number of rotatable bonds is 3. The van der Waals surface area contributed by atoms with Crippen LogP contribution in [0.3, 0.4) is 0 Å². The molecule has 82 valence electrons. The summed E-state index contributed by atoms with van der Waals surface area (Å²) in [4.78, 5) is 5.38. The van der Waals surface area contributed by atoms with Gasteiger partial charge in [-0.3, -0.25) is 10.4 Å². The zero-order valence-electron chi connectivity index (χ0n) is 8.95. The Morgan fingerprint density at radius 1 is 1.40 bits per heavy atom. The van der Waals surface area contributed by atoms with Crippen LogP contribution in [-0.4, -0.2) is 18.8 Å². The van der Waals surface area contributed by atoms with E-state index in [2.05, 4.69) is 15.7 Å². The van der Waals surface area contributed by atoms with E-state index in [9.17, 15) is 0 Å². The van der Waals surface area contributed by atoms with Crippen LogP contribution < -0.4 is 16.6 Å². The summed E-state index contributed by atoms with van der Waals surface area (Å²) < 4.78 is 0. The molecule has 0 bridgehead atoms. The number of aliphatic imine (C=N–C) groups is 1. The number of nitrogens with one attached hydrogen (secondary N) is 2. The Labute approximate surface area is 94.3 Å². The first-order chi connectivity index (χ1) is 7.30. The number of hydrogen-bond donors (Lipinski definition) is 3. The van der Waals surface area contributed by atoms with Gasteiger partial charge in [0.05, 0.1) is 0 Å². The van der Waals surface area contributed by atoms with Crippen LogP contribution in [0.1, 0.15) is 6.92 Å². The van der Waals surface area contributed by atoms with Gasteiger partial charge < -0.3 is 5.32 Å². The molecule has 5 heteroatoms. The molecule has 1 aromatic carbocycles. The van der Waals surface area contributed by atoms with Gasteiger partial charge >= 0.3 is 0 Å². The van der Waals surface area contributed by atoms with Crippen molar-refractivity contribution in [3.05, 3.63) is 24.3 Å². The molecule has 0 radical (unpaired) electrons. The minimum absolute atomic E-state index is 0.578. The summed E-state index contributed by atoms with van der Waals surface area (Å²) in [6.45, 7) is 2.64. The Bertz CT molecular complexity index is 321. The summed E-state index contributed by atoms with van der Waals surface area (Å²) in [5.41, 5.74) is 3.48. The van der Waals surface area contributed by atoms with Gasteiger partial charge in [-0.05, 0) is 37.4 Å². The molecule has 0 amide bonds. The van der Waals surface area contributed by atoms with Crippen molar-refractivity contribution in [1.29, 1.82) is 0 Å². The molecule has 0 heterocycles. The van der Waals surface area contributed by atoms with Gasteiger partial charge in [0.25, 0.3) is 0 Å². The number of nitrogens with zero attached hydrogens (tertiary/aromatic N) is 1. The predicted octanol–water partition coefficient (Wildman–Crippen LogP) is 1.66. The molecular formula is C10H16N4S. The minimum atomic E-state index is 0.578. The van der Waals surface area contributed by atoms with Crippen LogP contribution in [-0.2, 0) is 0 Å². The molecule has 0 fully saturated rings. The molecule has 4 nitrogen and oxygen atoms in total. The molecule has 0 aliphatic heterocycles. The number of anilines is 1. The van der Waals surface area contributed by atoms with Crippen molar-refractivity contribution in [2.75, 3.05) is 18.1 Å². The summed E-state index contributed by atoms with van der Waals surface area (Å²) >= 11 is 1.71. The molecular weight excluding hydrogens is 208 g/mol. The standard InChI is InChI=1S/C10H16N4S/c1-3-12-10(14-11)13-8-4-6-9(15-2)7-5-8/h4-7H,3,11H2,1-2H3,(H2,12,13,14). The van der Waals surface area contributed by atoms with Gasteiger partial charge in [-0.15, -0.1) is 11.8 Å². The zero-order valence-corrected chi connectivity index (χ0v) is 9.77. The Kier molecular flexibility index (Phi) is 5.00. The number of hydrogen-bond acceptors (Lipinski definition) is 3. The first kappa shape index (κ1) is 11.9. The lowest BCUT2D eigenvalue weighted by molar-refractivity contribution is 0.986. The molecule has 0 aromatic heterocycles. The van der Waals surface area contributed by atoms with Gasteiger partial charge in [0.1, 0.15) is 0 Å². The molecule has 1 rings (SSSR count). The fourth-order valence-electron chi connectivity index (χ4n) is 1.09. The highest BCUT2D eigenvalue weighted by Gasteiger charge is 1.96. The maximum Gasteiger partial charge on any atom is 0.210 e. The van der Waals surface area contributed by atoms with Crippen LogP contribution in [0.15, 0.2) is 34.2 Å². The molecule has 15 heavy (non-hydrogen) atoms. The van der Waals surface area contributed by atoms with Crippen molar-refractivity contribution in [3.63, 3.8) is 0 Å². The van der Waals surface area contributed by atoms with Crippen molar-refractivity contribution in [3.8, 4) is 0 Å². The van der Waals surface area contributed by atoms with Crippen LogP contribution in [0.4, 0.5) is 5.69 Å². The van der Waals surface area contributed by atoms with Gasteiger partial charge in [0, 0.05) is 17.1 Å². The van der Waals surface area contributed by atoms with Crippen molar-refractivity contribution in [2.45, 2.75) is 11.8 Å². The van der Waals surface area contributed by atoms with E-state index in [-0.39, 0.29) is 0 Å². The average molecular weight is 224 g/mol. The second kappa shape index (κ2) is 6.31. The van der Waals surface area contributed by atoms with Gasteiger partial charge in [-0.1, -0.05) is 0 Å². The second-order valence-corrected chi connectivity index (χ2v) is 3.70. The molecule has 0 spiro atoms. The Balaban J connectivity index is 2.67. The summed E-state index contributed by atoms with van der Waals surface area (Å²) in [6, 6.07) is 8.09. The molecule has 1 aromatic rings. The number of benzene rings is 1. The maximum atomic E-state index is 5.32. The maximum absolute atomic E-state index is 5.32. The van der Waals surface area contributed by atoms with E-state index in [0.717, 1.165) is 5.69 Å². The predicted molar refractivity (Wildman–Crippen MR) is 67.1 cm³/mol. The molecule has 0 aliphatic carbocycles. The van der Waals surface area contributed by atoms with E-state index in [1.165, 1.54) is 4.90 Å². The molecule has 4 N–H and O–H groups in total. The highest BCUT2D eigenvalue weighted by molar-refractivity contribution is 7.98. The third-order valence-corrected chi connectivity index (χ3v) is 2.55. The highest BCUT2D eigenvalue weighted by Crippen LogP contribution is 2.17. The Morgan fingerprint density at radius 3 is 2.53 bits per heavy atom. The SMILES string of the molecule is CCN=C(NN)Nc1ccc(SC)cc1. The van der Waals surface area contributed by atoms with Crippen LogP contribution in [0.2, 0.25) is 0 Å². The summed E-state index contributed by atoms with van der Waals surface area (Å²) in [5.74, 6) is 5.89. The summed E-state index contributed by atoms with van der Waals surface area (Å²) in [7, 11) is 0. The molecule has 0 atom stereocenters. The van der Waals surface area contributed by atoms with Crippen molar-refractivity contribution in [1.82, 2.24) is 5.43 Å². The molecule has 0 aliphatic rings. The topological polar surface area (TPSA) is 62.4 Å². The number of hydrazine groups is 1. The number of guanidine groups is 1. The van der Waals surface area contributed by atoms with E-state index in [1.54, 1.807) is 11.8 Å². The zero-order chi connectivity index (χ0) is 11.1.